The quantitative estimate of drug-likeness (QED) is 0.854. The summed E-state index contributed by atoms with van der Waals surface area (Å²) >= 11 is 5.94. The van der Waals surface area contributed by atoms with Gasteiger partial charge in [-0.05, 0) is 30.7 Å². The number of benzene rings is 1. The highest BCUT2D eigenvalue weighted by atomic mass is 35.5. The Kier molecular flexibility index (Phi) is 5.03. The van der Waals surface area contributed by atoms with Crippen molar-refractivity contribution in [2.75, 3.05) is 16.6 Å². The van der Waals surface area contributed by atoms with Crippen LogP contribution in [-0.4, -0.2) is 19.9 Å². The highest BCUT2D eigenvalue weighted by Crippen LogP contribution is 2.25. The number of hydrogen-bond acceptors (Lipinski definition) is 4. The molecule has 0 bridgehead atoms. The van der Waals surface area contributed by atoms with E-state index in [2.05, 4.69) is 15.0 Å². The van der Waals surface area contributed by atoms with Crippen molar-refractivity contribution in [2.45, 2.75) is 18.2 Å². The van der Waals surface area contributed by atoms with Gasteiger partial charge in [-0.15, -0.1) is 0 Å². The molecule has 0 unspecified atom stereocenters. The number of sulfonamides is 1. The summed E-state index contributed by atoms with van der Waals surface area (Å²) in [5.41, 5.74) is 0.555. The predicted octanol–water partition coefficient (Wildman–Crippen LogP) is 3.36. The van der Waals surface area contributed by atoms with Gasteiger partial charge in [-0.25, -0.2) is 13.4 Å². The minimum absolute atomic E-state index is 0.115. The number of anilines is 2. The Balaban J connectivity index is 2.34. The summed E-state index contributed by atoms with van der Waals surface area (Å²) in [6.45, 7) is 2.70. The second-order valence-corrected chi connectivity index (χ2v) is 6.42. The van der Waals surface area contributed by atoms with Gasteiger partial charge in [0, 0.05) is 12.7 Å². The lowest BCUT2D eigenvalue weighted by Gasteiger charge is -2.13. The molecule has 1 heterocycles. The first-order valence-corrected chi connectivity index (χ1v) is 8.37. The number of rotatable bonds is 6. The zero-order valence-electron chi connectivity index (χ0n) is 11.5. The van der Waals surface area contributed by atoms with Crippen molar-refractivity contribution in [3.8, 4) is 0 Å². The molecule has 0 aliphatic rings. The fourth-order valence-corrected chi connectivity index (χ4v) is 3.19. The van der Waals surface area contributed by atoms with Crippen LogP contribution in [0.2, 0.25) is 5.02 Å². The van der Waals surface area contributed by atoms with E-state index in [1.807, 2.05) is 6.92 Å². The van der Waals surface area contributed by atoms with Crippen LogP contribution in [0.1, 0.15) is 13.3 Å². The monoisotopic (exact) mass is 325 g/mol. The number of halogens is 1. The van der Waals surface area contributed by atoms with Crippen molar-refractivity contribution in [3.63, 3.8) is 0 Å². The molecule has 0 saturated heterocycles. The molecule has 112 valence electrons. The van der Waals surface area contributed by atoms with Crippen LogP contribution in [0.4, 0.5) is 11.5 Å². The lowest BCUT2D eigenvalue weighted by Crippen LogP contribution is -2.16. The number of pyridine rings is 1. The van der Waals surface area contributed by atoms with E-state index in [9.17, 15) is 8.42 Å². The third kappa shape index (κ3) is 3.86. The highest BCUT2D eigenvalue weighted by Gasteiger charge is 2.19. The Morgan fingerprint density at radius 3 is 2.67 bits per heavy atom. The van der Waals surface area contributed by atoms with Crippen molar-refractivity contribution in [2.24, 2.45) is 0 Å². The summed E-state index contributed by atoms with van der Waals surface area (Å²) in [7, 11) is -3.76. The average molecular weight is 326 g/mol. The van der Waals surface area contributed by atoms with Crippen molar-refractivity contribution in [1.29, 1.82) is 0 Å². The van der Waals surface area contributed by atoms with Crippen LogP contribution in [0.3, 0.4) is 0 Å². The van der Waals surface area contributed by atoms with Crippen molar-refractivity contribution in [3.05, 3.63) is 47.6 Å². The zero-order valence-corrected chi connectivity index (χ0v) is 13.1. The van der Waals surface area contributed by atoms with Gasteiger partial charge in [0.2, 0.25) is 0 Å². The van der Waals surface area contributed by atoms with E-state index in [0.29, 0.717) is 12.2 Å². The zero-order chi connectivity index (χ0) is 15.3. The maximum Gasteiger partial charge on any atom is 0.265 e. The minimum Gasteiger partial charge on any atom is -0.384 e. The van der Waals surface area contributed by atoms with E-state index >= 15 is 0 Å². The molecule has 0 aliphatic heterocycles. The molecule has 7 heteroatoms. The molecular weight excluding hydrogens is 310 g/mol. The average Bonchev–Trinajstić information content (AvgIpc) is 2.47. The third-order valence-electron chi connectivity index (χ3n) is 2.73. The normalized spacial score (nSPS) is 11.1. The maximum absolute atomic E-state index is 12.5. The van der Waals surface area contributed by atoms with Gasteiger partial charge in [-0.1, -0.05) is 30.7 Å². The first-order chi connectivity index (χ1) is 10.0. The Morgan fingerprint density at radius 1 is 1.19 bits per heavy atom. The Bertz CT molecular complexity index is 720. The van der Waals surface area contributed by atoms with Gasteiger partial charge in [0.15, 0.2) is 5.82 Å². The number of nitrogens with one attached hydrogen (secondary N) is 2. The summed E-state index contributed by atoms with van der Waals surface area (Å²) < 4.78 is 27.4. The fourth-order valence-electron chi connectivity index (χ4n) is 1.75. The van der Waals surface area contributed by atoms with Gasteiger partial charge in [-0.3, -0.25) is 4.72 Å². The predicted molar refractivity (Wildman–Crippen MR) is 85.3 cm³/mol. The van der Waals surface area contributed by atoms with Gasteiger partial charge in [0.1, 0.15) is 4.90 Å². The van der Waals surface area contributed by atoms with E-state index in [4.69, 9.17) is 11.6 Å². The van der Waals surface area contributed by atoms with Gasteiger partial charge in [0.25, 0.3) is 10.0 Å². The molecule has 1 aromatic heterocycles. The second-order valence-electron chi connectivity index (χ2n) is 4.36. The molecule has 2 rings (SSSR count). The van der Waals surface area contributed by atoms with E-state index in [1.165, 1.54) is 12.3 Å². The van der Waals surface area contributed by atoms with E-state index in [-0.39, 0.29) is 15.7 Å². The molecule has 0 radical (unpaired) electrons. The molecule has 21 heavy (non-hydrogen) atoms. The highest BCUT2D eigenvalue weighted by molar-refractivity contribution is 7.92. The summed E-state index contributed by atoms with van der Waals surface area (Å²) in [5.74, 6) is 0.115. The van der Waals surface area contributed by atoms with Crippen LogP contribution in [0, 0.1) is 0 Å². The SMILES string of the molecule is CCCNc1ccccc1S(=O)(=O)Nc1ncccc1Cl. The summed E-state index contributed by atoms with van der Waals surface area (Å²) in [6.07, 6.45) is 2.37. The van der Waals surface area contributed by atoms with Crippen LogP contribution in [0.25, 0.3) is 0 Å². The molecule has 5 nitrogen and oxygen atoms in total. The van der Waals surface area contributed by atoms with E-state index in [0.717, 1.165) is 6.42 Å². The van der Waals surface area contributed by atoms with E-state index < -0.39 is 10.0 Å². The summed E-state index contributed by atoms with van der Waals surface area (Å²) in [4.78, 5) is 4.10. The first kappa shape index (κ1) is 15.6. The summed E-state index contributed by atoms with van der Waals surface area (Å²) in [6, 6.07) is 9.93. The van der Waals surface area contributed by atoms with Crippen molar-refractivity contribution >= 4 is 33.1 Å². The van der Waals surface area contributed by atoms with Crippen LogP contribution >= 0.6 is 11.6 Å². The van der Waals surface area contributed by atoms with Crippen molar-refractivity contribution in [1.82, 2.24) is 4.98 Å². The smallest absolute Gasteiger partial charge is 0.265 e. The van der Waals surface area contributed by atoms with Gasteiger partial charge in [-0.2, -0.15) is 0 Å². The molecule has 2 N–H and O–H groups in total. The fraction of sp³-hybridized carbons (Fsp3) is 0.214. The van der Waals surface area contributed by atoms with Crippen molar-refractivity contribution < 1.29 is 8.42 Å². The number of para-hydroxylation sites is 1. The third-order valence-corrected chi connectivity index (χ3v) is 4.43. The molecular formula is C14H16ClN3O2S. The van der Waals surface area contributed by atoms with Crippen LogP contribution < -0.4 is 10.0 Å². The number of hydrogen-bond donors (Lipinski definition) is 2. The number of aromatic nitrogens is 1. The molecule has 0 spiro atoms. The van der Waals surface area contributed by atoms with Crippen LogP contribution in [0.5, 0.6) is 0 Å². The van der Waals surface area contributed by atoms with Gasteiger partial charge >= 0.3 is 0 Å². The maximum atomic E-state index is 12.5. The Hall–Kier alpha value is -1.79. The van der Waals surface area contributed by atoms with E-state index in [1.54, 1.807) is 30.3 Å². The Morgan fingerprint density at radius 2 is 1.95 bits per heavy atom. The summed E-state index contributed by atoms with van der Waals surface area (Å²) in [5, 5.41) is 3.35. The molecule has 0 amide bonds. The molecule has 2 aromatic rings. The van der Waals surface area contributed by atoms with Crippen LogP contribution in [-0.2, 0) is 10.0 Å². The minimum atomic E-state index is -3.76. The standard InChI is InChI=1S/C14H16ClN3O2S/c1-2-9-16-12-7-3-4-8-13(12)21(19,20)18-14-11(15)6-5-10-17-14/h3-8,10,16H,2,9H2,1H3,(H,17,18). The largest absolute Gasteiger partial charge is 0.384 e. The lowest BCUT2D eigenvalue weighted by atomic mass is 10.3. The number of nitrogens with zero attached hydrogens (tertiary/aromatic N) is 1. The molecule has 0 atom stereocenters. The molecule has 0 aliphatic carbocycles. The second kappa shape index (κ2) is 6.78. The molecule has 1 aromatic carbocycles. The lowest BCUT2D eigenvalue weighted by molar-refractivity contribution is 0.601. The van der Waals surface area contributed by atoms with Gasteiger partial charge in [0.05, 0.1) is 10.7 Å². The topological polar surface area (TPSA) is 71.1 Å². The Labute approximate surface area is 129 Å². The van der Waals surface area contributed by atoms with Crippen LogP contribution in [0.15, 0.2) is 47.5 Å². The molecule has 0 saturated carbocycles. The molecule has 0 fully saturated rings. The van der Waals surface area contributed by atoms with Gasteiger partial charge < -0.3 is 5.32 Å². The first-order valence-electron chi connectivity index (χ1n) is 6.51.